The summed E-state index contributed by atoms with van der Waals surface area (Å²) < 4.78 is 13.4. The Hall–Kier alpha value is -1.09. The van der Waals surface area contributed by atoms with E-state index in [2.05, 4.69) is 0 Å². The van der Waals surface area contributed by atoms with E-state index in [1.54, 1.807) is 13.8 Å². The monoisotopic (exact) mass is 183 g/mol. The summed E-state index contributed by atoms with van der Waals surface area (Å²) >= 11 is 0. The van der Waals surface area contributed by atoms with Crippen LogP contribution in [-0.4, -0.2) is 11.1 Å². The Labute approximate surface area is 77.2 Å². The third kappa shape index (κ3) is 2.42. The van der Waals surface area contributed by atoms with E-state index >= 15 is 0 Å². The molecule has 0 radical (unpaired) electrons. The van der Waals surface area contributed by atoms with Crippen molar-refractivity contribution < 1.29 is 9.50 Å². The second-order valence-corrected chi connectivity index (χ2v) is 3.42. The summed E-state index contributed by atoms with van der Waals surface area (Å²) in [7, 11) is 0. The average molecular weight is 183 g/mol. The van der Waals surface area contributed by atoms with Crippen molar-refractivity contribution in [3.8, 4) is 5.75 Å². The van der Waals surface area contributed by atoms with Crippen molar-refractivity contribution >= 4 is 0 Å². The van der Waals surface area contributed by atoms with E-state index in [-0.39, 0.29) is 17.6 Å². The van der Waals surface area contributed by atoms with Crippen LogP contribution in [0.15, 0.2) is 12.1 Å². The summed E-state index contributed by atoms with van der Waals surface area (Å²) in [6.07, 6.45) is 0.446. The summed E-state index contributed by atoms with van der Waals surface area (Å²) in [5.41, 5.74) is 6.48. The van der Waals surface area contributed by atoms with E-state index in [9.17, 15) is 9.50 Å². The first-order valence-corrected chi connectivity index (χ1v) is 4.24. The van der Waals surface area contributed by atoms with Crippen LogP contribution in [0.4, 0.5) is 4.39 Å². The van der Waals surface area contributed by atoms with Crippen molar-refractivity contribution in [3.63, 3.8) is 0 Å². The van der Waals surface area contributed by atoms with Crippen molar-refractivity contribution in [2.75, 3.05) is 0 Å². The SMILES string of the molecule is Cc1cc(O)cc(CC(C)N)c1F. The van der Waals surface area contributed by atoms with Gasteiger partial charge in [0.2, 0.25) is 0 Å². The molecule has 0 heterocycles. The molecule has 1 aromatic carbocycles. The number of benzene rings is 1. The third-order valence-corrected chi connectivity index (χ3v) is 1.86. The zero-order valence-corrected chi connectivity index (χ0v) is 7.84. The van der Waals surface area contributed by atoms with Crippen molar-refractivity contribution in [1.82, 2.24) is 0 Å². The van der Waals surface area contributed by atoms with Crippen molar-refractivity contribution in [2.45, 2.75) is 26.3 Å². The van der Waals surface area contributed by atoms with E-state index in [0.29, 0.717) is 17.5 Å². The highest BCUT2D eigenvalue weighted by Gasteiger charge is 2.08. The van der Waals surface area contributed by atoms with Gasteiger partial charge in [0.05, 0.1) is 0 Å². The molecule has 0 aliphatic rings. The van der Waals surface area contributed by atoms with Gasteiger partial charge in [-0.2, -0.15) is 0 Å². The Morgan fingerprint density at radius 3 is 2.69 bits per heavy atom. The number of phenolic OH excluding ortho intramolecular Hbond substituents is 1. The summed E-state index contributed by atoms with van der Waals surface area (Å²) in [5, 5.41) is 9.22. The highest BCUT2D eigenvalue weighted by molar-refractivity contribution is 5.34. The minimum Gasteiger partial charge on any atom is -0.508 e. The summed E-state index contributed by atoms with van der Waals surface area (Å²) in [6, 6.07) is 2.72. The second-order valence-electron chi connectivity index (χ2n) is 3.42. The molecule has 72 valence electrons. The molecular formula is C10H14FNO. The molecule has 1 rings (SSSR count). The van der Waals surface area contributed by atoms with Gasteiger partial charge in [-0.25, -0.2) is 4.39 Å². The number of hydrogen-bond donors (Lipinski definition) is 2. The van der Waals surface area contributed by atoms with Gasteiger partial charge in [-0.15, -0.1) is 0 Å². The second kappa shape index (κ2) is 3.75. The van der Waals surface area contributed by atoms with E-state index in [1.807, 2.05) is 0 Å². The number of aryl methyl sites for hydroxylation is 1. The minimum atomic E-state index is -0.268. The molecule has 0 amide bonds. The molecule has 0 aliphatic carbocycles. The molecule has 0 aromatic heterocycles. The number of halogens is 1. The van der Waals surface area contributed by atoms with Crippen LogP contribution in [0.2, 0.25) is 0 Å². The molecule has 3 heteroatoms. The quantitative estimate of drug-likeness (QED) is 0.733. The molecule has 1 unspecified atom stereocenters. The molecule has 0 spiro atoms. The van der Waals surface area contributed by atoms with E-state index in [0.717, 1.165) is 0 Å². The number of hydrogen-bond acceptors (Lipinski definition) is 2. The van der Waals surface area contributed by atoms with E-state index in [4.69, 9.17) is 5.73 Å². The van der Waals surface area contributed by atoms with Crippen LogP contribution in [0.1, 0.15) is 18.1 Å². The zero-order valence-electron chi connectivity index (χ0n) is 7.84. The van der Waals surface area contributed by atoms with E-state index < -0.39 is 0 Å². The lowest BCUT2D eigenvalue weighted by Crippen LogP contribution is -2.18. The van der Waals surface area contributed by atoms with Crippen LogP contribution in [-0.2, 0) is 6.42 Å². The molecule has 3 N–H and O–H groups in total. The first kappa shape index (κ1) is 9.99. The fourth-order valence-corrected chi connectivity index (χ4v) is 1.32. The topological polar surface area (TPSA) is 46.2 Å². The minimum absolute atomic E-state index is 0.0922. The van der Waals surface area contributed by atoms with Crippen LogP contribution in [0, 0.1) is 12.7 Å². The van der Waals surface area contributed by atoms with Gasteiger partial charge in [0.25, 0.3) is 0 Å². The smallest absolute Gasteiger partial charge is 0.129 e. The summed E-state index contributed by atoms with van der Waals surface area (Å²) in [5.74, 6) is -0.176. The first-order chi connectivity index (χ1) is 6.00. The number of nitrogens with two attached hydrogens (primary N) is 1. The summed E-state index contributed by atoms with van der Waals surface area (Å²) in [4.78, 5) is 0. The lowest BCUT2D eigenvalue weighted by atomic mass is 10.0. The maximum absolute atomic E-state index is 13.4. The first-order valence-electron chi connectivity index (χ1n) is 4.24. The highest BCUT2D eigenvalue weighted by atomic mass is 19.1. The van der Waals surface area contributed by atoms with Crippen LogP contribution in [0.25, 0.3) is 0 Å². The molecule has 0 saturated carbocycles. The van der Waals surface area contributed by atoms with Crippen molar-refractivity contribution in [2.24, 2.45) is 5.73 Å². The molecule has 0 fully saturated rings. The van der Waals surface area contributed by atoms with Gasteiger partial charge in [-0.05, 0) is 43.5 Å². The van der Waals surface area contributed by atoms with Gasteiger partial charge in [0, 0.05) is 6.04 Å². The lowest BCUT2D eigenvalue weighted by molar-refractivity contribution is 0.469. The Morgan fingerprint density at radius 1 is 1.54 bits per heavy atom. The maximum Gasteiger partial charge on any atom is 0.129 e. The standard InChI is InChI=1S/C10H14FNO/c1-6-3-9(13)5-8(10(6)11)4-7(2)12/h3,5,7,13H,4,12H2,1-2H3. The lowest BCUT2D eigenvalue weighted by Gasteiger charge is -2.08. The number of phenols is 1. The largest absolute Gasteiger partial charge is 0.508 e. The van der Waals surface area contributed by atoms with Gasteiger partial charge < -0.3 is 10.8 Å². The predicted molar refractivity (Wildman–Crippen MR) is 50.2 cm³/mol. The number of aromatic hydroxyl groups is 1. The van der Waals surface area contributed by atoms with Gasteiger partial charge in [-0.3, -0.25) is 0 Å². The van der Waals surface area contributed by atoms with Crippen LogP contribution in [0.3, 0.4) is 0 Å². The molecule has 1 atom stereocenters. The number of rotatable bonds is 2. The van der Waals surface area contributed by atoms with Gasteiger partial charge in [-0.1, -0.05) is 0 Å². The van der Waals surface area contributed by atoms with Crippen molar-refractivity contribution in [1.29, 1.82) is 0 Å². The zero-order chi connectivity index (χ0) is 10.0. The fourth-order valence-electron chi connectivity index (χ4n) is 1.32. The molecule has 1 aromatic rings. The third-order valence-electron chi connectivity index (χ3n) is 1.86. The Morgan fingerprint density at radius 2 is 2.15 bits per heavy atom. The van der Waals surface area contributed by atoms with Gasteiger partial charge in [0.15, 0.2) is 0 Å². The Kier molecular flexibility index (Phi) is 2.88. The van der Waals surface area contributed by atoms with Crippen LogP contribution < -0.4 is 5.73 Å². The molecule has 0 saturated heterocycles. The normalized spacial score (nSPS) is 12.9. The molecule has 13 heavy (non-hydrogen) atoms. The molecule has 2 nitrogen and oxygen atoms in total. The Bertz CT molecular complexity index is 310. The molecule has 0 aliphatic heterocycles. The highest BCUT2D eigenvalue weighted by Crippen LogP contribution is 2.20. The average Bonchev–Trinajstić information content (AvgIpc) is 1.98. The molecule has 0 bridgehead atoms. The summed E-state index contributed by atoms with van der Waals surface area (Å²) in [6.45, 7) is 3.43. The van der Waals surface area contributed by atoms with E-state index in [1.165, 1.54) is 12.1 Å². The van der Waals surface area contributed by atoms with Gasteiger partial charge >= 0.3 is 0 Å². The van der Waals surface area contributed by atoms with Crippen LogP contribution in [0.5, 0.6) is 5.75 Å². The Balaban J connectivity index is 3.05. The predicted octanol–water partition coefficient (Wildman–Crippen LogP) is 1.73. The van der Waals surface area contributed by atoms with Gasteiger partial charge in [0.1, 0.15) is 11.6 Å². The fraction of sp³-hybridized carbons (Fsp3) is 0.400. The molecular weight excluding hydrogens is 169 g/mol. The maximum atomic E-state index is 13.4. The van der Waals surface area contributed by atoms with Crippen LogP contribution >= 0.6 is 0 Å². The van der Waals surface area contributed by atoms with Crippen molar-refractivity contribution in [3.05, 3.63) is 29.1 Å².